The highest BCUT2D eigenvalue weighted by molar-refractivity contribution is 7.25. The topological polar surface area (TPSA) is 8.17 Å². The molecule has 3 heteroatoms. The molecule has 0 aliphatic heterocycles. The van der Waals surface area contributed by atoms with Gasteiger partial charge in [-0.05, 0) is 106 Å². The van der Waals surface area contributed by atoms with Gasteiger partial charge in [-0.25, -0.2) is 0 Å². The Hall–Kier alpha value is -7.20. The second kappa shape index (κ2) is 13.8. The highest BCUT2D eigenvalue weighted by Gasteiger charge is 2.18. The first kappa shape index (κ1) is 33.2. The van der Waals surface area contributed by atoms with E-state index in [1.54, 1.807) is 0 Å². The molecular formula is C54H36N2S. The minimum absolute atomic E-state index is 1.10. The van der Waals surface area contributed by atoms with E-state index in [0.29, 0.717) is 0 Å². The van der Waals surface area contributed by atoms with E-state index in [1.165, 1.54) is 81.0 Å². The standard InChI is InChI=1S/C54H36N2S/c1-3-15-37(16-4-1)38-17-13-21-42(33-38)55(41-19-5-2-6-20-41)43-22-14-18-39(34-43)45-23-7-8-24-46(45)40-29-32-52-50(35-40)47-25-9-11-27-51(47)56(52)44-30-31-49-48-26-10-12-28-53(48)57-54(49)36-44/h1-36H. The molecule has 0 aliphatic rings. The normalized spacial score (nSPS) is 11.5. The van der Waals surface area contributed by atoms with Crippen LogP contribution in [0.4, 0.5) is 17.1 Å². The predicted octanol–water partition coefficient (Wildman–Crippen LogP) is 15.6. The molecule has 2 aromatic heterocycles. The Labute approximate surface area is 335 Å². The van der Waals surface area contributed by atoms with Crippen LogP contribution >= 0.6 is 11.3 Å². The number of benzene rings is 9. The molecule has 0 aliphatic carbocycles. The molecule has 0 saturated carbocycles. The van der Waals surface area contributed by atoms with Gasteiger partial charge in [0.25, 0.3) is 0 Å². The van der Waals surface area contributed by atoms with Gasteiger partial charge in [0.1, 0.15) is 0 Å². The van der Waals surface area contributed by atoms with E-state index in [2.05, 4.69) is 228 Å². The Kier molecular flexibility index (Phi) is 8.04. The zero-order valence-electron chi connectivity index (χ0n) is 31.1. The van der Waals surface area contributed by atoms with Crippen molar-refractivity contribution in [2.75, 3.05) is 4.90 Å². The van der Waals surface area contributed by atoms with Gasteiger partial charge in [0.15, 0.2) is 0 Å². The van der Waals surface area contributed by atoms with Gasteiger partial charge in [-0.3, -0.25) is 0 Å². The molecule has 0 radical (unpaired) electrons. The smallest absolute Gasteiger partial charge is 0.0541 e. The summed E-state index contributed by atoms with van der Waals surface area (Å²) >= 11 is 1.87. The summed E-state index contributed by atoms with van der Waals surface area (Å²) in [6.07, 6.45) is 0. The van der Waals surface area contributed by atoms with Crippen molar-refractivity contribution >= 4 is 70.4 Å². The summed E-state index contributed by atoms with van der Waals surface area (Å²) in [5.74, 6) is 0. The summed E-state index contributed by atoms with van der Waals surface area (Å²) < 4.78 is 5.06. The van der Waals surface area contributed by atoms with Gasteiger partial charge in [0, 0.05) is 53.7 Å². The van der Waals surface area contributed by atoms with Crippen LogP contribution in [0.25, 0.3) is 81.0 Å². The molecule has 0 bridgehead atoms. The number of fused-ring (bicyclic) bond motifs is 6. The van der Waals surface area contributed by atoms with E-state index in [0.717, 1.165) is 17.1 Å². The van der Waals surface area contributed by atoms with E-state index < -0.39 is 0 Å². The average molecular weight is 745 g/mol. The van der Waals surface area contributed by atoms with Crippen LogP contribution in [-0.4, -0.2) is 4.57 Å². The molecule has 2 nitrogen and oxygen atoms in total. The van der Waals surface area contributed by atoms with Crippen LogP contribution in [0.15, 0.2) is 218 Å². The summed E-state index contributed by atoms with van der Waals surface area (Å²) in [4.78, 5) is 2.36. The van der Waals surface area contributed by atoms with E-state index in [-0.39, 0.29) is 0 Å². The molecule has 0 fully saturated rings. The number of thiophene rings is 1. The number of hydrogen-bond acceptors (Lipinski definition) is 2. The van der Waals surface area contributed by atoms with Crippen molar-refractivity contribution < 1.29 is 0 Å². The number of rotatable bonds is 7. The van der Waals surface area contributed by atoms with Crippen molar-refractivity contribution in [2.24, 2.45) is 0 Å². The van der Waals surface area contributed by atoms with Crippen molar-refractivity contribution in [3.8, 4) is 39.1 Å². The Morgan fingerprint density at radius 2 is 0.877 bits per heavy atom. The second-order valence-electron chi connectivity index (χ2n) is 14.5. The average Bonchev–Trinajstić information content (AvgIpc) is 3.82. The fourth-order valence-electron chi connectivity index (χ4n) is 8.55. The van der Waals surface area contributed by atoms with Gasteiger partial charge in [-0.2, -0.15) is 0 Å². The van der Waals surface area contributed by atoms with E-state index in [4.69, 9.17) is 0 Å². The van der Waals surface area contributed by atoms with Crippen molar-refractivity contribution in [1.82, 2.24) is 4.57 Å². The lowest BCUT2D eigenvalue weighted by Crippen LogP contribution is -2.10. The van der Waals surface area contributed by atoms with Gasteiger partial charge >= 0.3 is 0 Å². The van der Waals surface area contributed by atoms with Crippen LogP contribution in [0, 0.1) is 0 Å². The number of nitrogens with zero attached hydrogens (tertiary/aromatic N) is 2. The Bertz CT molecular complexity index is 3250. The van der Waals surface area contributed by atoms with Crippen molar-refractivity contribution in [2.45, 2.75) is 0 Å². The predicted molar refractivity (Wildman–Crippen MR) is 245 cm³/mol. The van der Waals surface area contributed by atoms with E-state index in [1.807, 2.05) is 11.3 Å². The molecule has 0 unspecified atom stereocenters. The number of para-hydroxylation sites is 2. The zero-order valence-corrected chi connectivity index (χ0v) is 31.9. The molecule has 9 aromatic carbocycles. The summed E-state index contributed by atoms with van der Waals surface area (Å²) in [5.41, 5.74) is 14.1. The van der Waals surface area contributed by atoms with Crippen molar-refractivity contribution in [3.63, 3.8) is 0 Å². The van der Waals surface area contributed by atoms with Gasteiger partial charge < -0.3 is 9.47 Å². The van der Waals surface area contributed by atoms with Crippen LogP contribution in [0.1, 0.15) is 0 Å². The molecule has 57 heavy (non-hydrogen) atoms. The third-order valence-corrected chi connectivity index (χ3v) is 12.3. The molecule has 0 atom stereocenters. The highest BCUT2D eigenvalue weighted by atomic mass is 32.1. The largest absolute Gasteiger partial charge is 0.310 e. The Morgan fingerprint density at radius 1 is 0.316 bits per heavy atom. The third kappa shape index (κ3) is 5.80. The first-order valence-corrected chi connectivity index (χ1v) is 20.2. The first-order chi connectivity index (χ1) is 28.3. The SMILES string of the molecule is c1ccc(-c2cccc(N(c3ccccc3)c3cccc(-c4ccccc4-c4ccc5c(c4)c4ccccc4n5-c4ccc5c(c4)sc4ccccc45)c3)c2)cc1. The molecule has 2 heterocycles. The van der Waals surface area contributed by atoms with Gasteiger partial charge in [-0.1, -0.05) is 146 Å². The lowest BCUT2D eigenvalue weighted by molar-refractivity contribution is 1.19. The highest BCUT2D eigenvalue weighted by Crippen LogP contribution is 2.42. The third-order valence-electron chi connectivity index (χ3n) is 11.2. The van der Waals surface area contributed by atoms with Gasteiger partial charge in [0.2, 0.25) is 0 Å². The summed E-state index contributed by atoms with van der Waals surface area (Å²) in [7, 11) is 0. The first-order valence-electron chi connectivity index (χ1n) is 19.4. The maximum atomic E-state index is 2.43. The van der Waals surface area contributed by atoms with Gasteiger partial charge in [-0.15, -0.1) is 11.3 Å². The van der Waals surface area contributed by atoms with E-state index >= 15 is 0 Å². The molecule has 11 rings (SSSR count). The number of hydrogen-bond donors (Lipinski definition) is 0. The second-order valence-corrected chi connectivity index (χ2v) is 15.6. The number of aromatic nitrogens is 1. The monoisotopic (exact) mass is 744 g/mol. The molecule has 0 N–H and O–H groups in total. The fourth-order valence-corrected chi connectivity index (χ4v) is 9.69. The van der Waals surface area contributed by atoms with Crippen LogP contribution in [-0.2, 0) is 0 Å². The van der Waals surface area contributed by atoms with Crippen molar-refractivity contribution in [3.05, 3.63) is 218 Å². The maximum Gasteiger partial charge on any atom is 0.0541 e. The molecular weight excluding hydrogens is 709 g/mol. The van der Waals surface area contributed by atoms with Crippen LogP contribution in [0.5, 0.6) is 0 Å². The quantitative estimate of drug-likeness (QED) is 0.158. The molecule has 0 spiro atoms. The zero-order chi connectivity index (χ0) is 37.7. The van der Waals surface area contributed by atoms with Gasteiger partial charge in [0.05, 0.1) is 11.0 Å². The summed E-state index contributed by atoms with van der Waals surface area (Å²) in [6.45, 7) is 0. The molecule has 0 amide bonds. The maximum absolute atomic E-state index is 2.43. The van der Waals surface area contributed by atoms with E-state index in [9.17, 15) is 0 Å². The molecule has 11 aromatic rings. The van der Waals surface area contributed by atoms with Crippen molar-refractivity contribution in [1.29, 1.82) is 0 Å². The van der Waals surface area contributed by atoms with Crippen LogP contribution in [0.3, 0.4) is 0 Å². The Morgan fingerprint density at radius 3 is 1.67 bits per heavy atom. The Balaban J connectivity index is 1.02. The van der Waals surface area contributed by atoms with Crippen LogP contribution in [0.2, 0.25) is 0 Å². The number of anilines is 3. The molecule has 0 saturated heterocycles. The van der Waals surface area contributed by atoms with Crippen LogP contribution < -0.4 is 4.90 Å². The lowest BCUT2D eigenvalue weighted by Gasteiger charge is -2.26. The summed E-state index contributed by atoms with van der Waals surface area (Å²) in [6, 6.07) is 79.3. The molecule has 268 valence electrons. The minimum atomic E-state index is 1.10. The fraction of sp³-hybridized carbons (Fsp3) is 0. The minimum Gasteiger partial charge on any atom is -0.310 e. The summed E-state index contributed by atoms with van der Waals surface area (Å²) in [5, 5.41) is 5.14. The lowest BCUT2D eigenvalue weighted by atomic mass is 9.93.